The van der Waals surface area contributed by atoms with Crippen molar-refractivity contribution in [3.63, 3.8) is 0 Å². The van der Waals surface area contributed by atoms with Gasteiger partial charge in [-0.1, -0.05) is 19.1 Å². The Hall–Kier alpha value is -2.74. The summed E-state index contributed by atoms with van der Waals surface area (Å²) in [6, 6.07) is 7.87. The number of benzene rings is 1. The van der Waals surface area contributed by atoms with Crippen molar-refractivity contribution in [2.24, 2.45) is 0 Å². The Labute approximate surface area is 194 Å². The van der Waals surface area contributed by atoms with E-state index in [9.17, 15) is 14.3 Å². The Morgan fingerprint density at radius 1 is 1.24 bits per heavy atom. The third-order valence-corrected chi connectivity index (χ3v) is 6.63. The maximum atomic E-state index is 14.6. The van der Waals surface area contributed by atoms with Gasteiger partial charge in [0, 0.05) is 32.5 Å². The molecule has 0 amide bonds. The van der Waals surface area contributed by atoms with Gasteiger partial charge in [0.25, 0.3) is 0 Å². The average Bonchev–Trinajstić information content (AvgIpc) is 3.22. The Bertz CT molecular complexity index is 972. The predicted octanol–water partition coefficient (Wildman–Crippen LogP) is 3.71. The molecule has 4 rings (SSSR count). The Morgan fingerprint density at radius 3 is 2.61 bits per heavy atom. The number of ether oxygens (including phenoxy) is 1. The summed E-state index contributed by atoms with van der Waals surface area (Å²) in [5, 5.41) is 10.2. The maximum absolute atomic E-state index is 14.6. The van der Waals surface area contributed by atoms with Crippen molar-refractivity contribution in [3.8, 4) is 5.75 Å². The van der Waals surface area contributed by atoms with E-state index in [4.69, 9.17) is 4.74 Å². The summed E-state index contributed by atoms with van der Waals surface area (Å²) in [5.41, 5.74) is 0.447. The SMILES string of the molecule is CC(=O)C[C@@H](C)c1ccc(O[C@@H]2CCN(c3nc(N4CCC(C)(O)CC4)ncc3F)C2)cc1. The molecule has 33 heavy (non-hydrogen) atoms. The molecule has 0 bridgehead atoms. The highest BCUT2D eigenvalue weighted by Crippen LogP contribution is 2.29. The first-order chi connectivity index (χ1) is 15.7. The lowest BCUT2D eigenvalue weighted by molar-refractivity contribution is -0.117. The van der Waals surface area contributed by atoms with Crippen LogP contribution in [0.15, 0.2) is 30.5 Å². The summed E-state index contributed by atoms with van der Waals surface area (Å²) in [4.78, 5) is 24.0. The summed E-state index contributed by atoms with van der Waals surface area (Å²) in [6.07, 6.45) is 3.74. The number of hydrogen-bond donors (Lipinski definition) is 1. The number of Topliss-reactive ketones (excluding diaryl/α,β-unsaturated/α-hetero) is 1. The zero-order chi connectivity index (χ0) is 23.6. The lowest BCUT2D eigenvalue weighted by atomic mass is 9.94. The molecule has 2 saturated heterocycles. The highest BCUT2D eigenvalue weighted by atomic mass is 19.1. The first kappa shape index (κ1) is 23.4. The van der Waals surface area contributed by atoms with Crippen LogP contribution in [-0.4, -0.2) is 58.7 Å². The molecule has 8 heteroatoms. The molecule has 1 N–H and O–H groups in total. The number of anilines is 2. The summed E-state index contributed by atoms with van der Waals surface area (Å²) in [6.45, 7) is 7.98. The van der Waals surface area contributed by atoms with Crippen LogP contribution in [0.25, 0.3) is 0 Å². The molecule has 2 fully saturated rings. The van der Waals surface area contributed by atoms with Crippen molar-refractivity contribution in [2.45, 2.75) is 64.1 Å². The van der Waals surface area contributed by atoms with Crippen molar-refractivity contribution in [1.82, 2.24) is 9.97 Å². The van der Waals surface area contributed by atoms with Gasteiger partial charge >= 0.3 is 0 Å². The standard InChI is InChI=1S/C25H33FN4O3/c1-17(14-18(2)31)19-4-6-20(7-5-19)33-21-8-11-30(16-21)23-22(26)15-27-24(28-23)29-12-9-25(3,32)10-13-29/h4-7,15,17,21,32H,8-14,16H2,1-3H3/t17-,21-/m1/s1. The largest absolute Gasteiger partial charge is 0.489 e. The van der Waals surface area contributed by atoms with Crippen LogP contribution < -0.4 is 14.5 Å². The Morgan fingerprint density at radius 2 is 1.94 bits per heavy atom. The van der Waals surface area contributed by atoms with E-state index >= 15 is 0 Å². The second-order valence-corrected chi connectivity index (χ2v) is 9.68. The molecule has 7 nitrogen and oxygen atoms in total. The zero-order valence-corrected chi connectivity index (χ0v) is 19.6. The quantitative estimate of drug-likeness (QED) is 0.680. The van der Waals surface area contributed by atoms with Gasteiger partial charge in [0.15, 0.2) is 11.6 Å². The van der Waals surface area contributed by atoms with E-state index in [1.54, 1.807) is 6.92 Å². The fourth-order valence-corrected chi connectivity index (χ4v) is 4.54. The second kappa shape index (κ2) is 9.63. The highest BCUT2D eigenvalue weighted by Gasteiger charge is 2.31. The molecule has 0 unspecified atom stereocenters. The second-order valence-electron chi connectivity index (χ2n) is 9.68. The van der Waals surface area contributed by atoms with E-state index in [2.05, 4.69) is 9.97 Å². The summed E-state index contributed by atoms with van der Waals surface area (Å²) in [5.74, 6) is 1.50. The smallest absolute Gasteiger partial charge is 0.227 e. The van der Waals surface area contributed by atoms with Gasteiger partial charge in [0.05, 0.1) is 18.3 Å². The molecule has 0 spiro atoms. The van der Waals surface area contributed by atoms with Gasteiger partial charge in [0.1, 0.15) is 17.6 Å². The van der Waals surface area contributed by atoms with Gasteiger partial charge in [-0.25, -0.2) is 9.37 Å². The topological polar surface area (TPSA) is 78.8 Å². The van der Waals surface area contributed by atoms with E-state index in [1.807, 2.05) is 47.9 Å². The molecular formula is C25H33FN4O3. The van der Waals surface area contributed by atoms with Gasteiger partial charge in [-0.15, -0.1) is 0 Å². The molecule has 1 aromatic heterocycles. The molecular weight excluding hydrogens is 423 g/mol. The van der Waals surface area contributed by atoms with E-state index in [0.29, 0.717) is 57.2 Å². The molecule has 2 atom stereocenters. The number of carbonyl (C=O) groups is 1. The van der Waals surface area contributed by atoms with Crippen molar-refractivity contribution >= 4 is 17.5 Å². The van der Waals surface area contributed by atoms with Crippen molar-refractivity contribution < 1.29 is 19.0 Å². The minimum atomic E-state index is -0.664. The molecule has 2 aliphatic rings. The lowest BCUT2D eigenvalue weighted by Crippen LogP contribution is -2.43. The molecule has 2 aromatic rings. The van der Waals surface area contributed by atoms with E-state index in [0.717, 1.165) is 17.7 Å². The number of carbonyl (C=O) groups excluding carboxylic acids is 1. The van der Waals surface area contributed by atoms with Crippen LogP contribution in [0.3, 0.4) is 0 Å². The minimum Gasteiger partial charge on any atom is -0.489 e. The molecule has 0 aliphatic carbocycles. The fourth-order valence-electron chi connectivity index (χ4n) is 4.54. The van der Waals surface area contributed by atoms with Gasteiger partial charge in [-0.2, -0.15) is 4.98 Å². The maximum Gasteiger partial charge on any atom is 0.227 e. The fraction of sp³-hybridized carbons (Fsp3) is 0.560. The number of ketones is 1. The van der Waals surface area contributed by atoms with E-state index in [-0.39, 0.29) is 17.8 Å². The monoisotopic (exact) mass is 456 g/mol. The van der Waals surface area contributed by atoms with Crippen molar-refractivity contribution in [2.75, 3.05) is 36.0 Å². The minimum absolute atomic E-state index is 0.0617. The Kier molecular flexibility index (Phi) is 6.83. The van der Waals surface area contributed by atoms with Crippen LogP contribution in [-0.2, 0) is 4.79 Å². The third kappa shape index (κ3) is 5.79. The molecule has 0 radical (unpaired) electrons. The van der Waals surface area contributed by atoms with Crippen LogP contribution in [0, 0.1) is 5.82 Å². The molecule has 3 heterocycles. The van der Waals surface area contributed by atoms with Crippen LogP contribution >= 0.6 is 0 Å². The Balaban J connectivity index is 1.37. The molecule has 2 aliphatic heterocycles. The van der Waals surface area contributed by atoms with Gasteiger partial charge in [-0.3, -0.25) is 0 Å². The number of nitrogens with zero attached hydrogens (tertiary/aromatic N) is 4. The van der Waals surface area contributed by atoms with Crippen molar-refractivity contribution in [1.29, 1.82) is 0 Å². The summed E-state index contributed by atoms with van der Waals surface area (Å²) < 4.78 is 20.7. The number of aromatic nitrogens is 2. The number of hydrogen-bond acceptors (Lipinski definition) is 7. The summed E-state index contributed by atoms with van der Waals surface area (Å²) >= 11 is 0. The average molecular weight is 457 g/mol. The number of halogens is 1. The first-order valence-corrected chi connectivity index (χ1v) is 11.7. The van der Waals surface area contributed by atoms with Crippen LogP contribution in [0.4, 0.5) is 16.2 Å². The van der Waals surface area contributed by atoms with Crippen LogP contribution in [0.5, 0.6) is 5.75 Å². The lowest BCUT2D eigenvalue weighted by Gasteiger charge is -2.36. The molecule has 178 valence electrons. The molecule has 0 saturated carbocycles. The van der Waals surface area contributed by atoms with Gasteiger partial charge < -0.3 is 24.4 Å². The van der Waals surface area contributed by atoms with E-state index < -0.39 is 11.4 Å². The predicted molar refractivity (Wildman–Crippen MR) is 125 cm³/mol. The number of aliphatic hydroxyl groups is 1. The van der Waals surface area contributed by atoms with Crippen LogP contribution in [0.2, 0.25) is 0 Å². The highest BCUT2D eigenvalue weighted by molar-refractivity contribution is 5.76. The zero-order valence-electron chi connectivity index (χ0n) is 19.6. The van der Waals surface area contributed by atoms with Gasteiger partial charge in [0.2, 0.25) is 5.95 Å². The van der Waals surface area contributed by atoms with Crippen molar-refractivity contribution in [3.05, 3.63) is 41.8 Å². The number of piperidine rings is 1. The summed E-state index contributed by atoms with van der Waals surface area (Å²) in [7, 11) is 0. The molecule has 1 aromatic carbocycles. The van der Waals surface area contributed by atoms with E-state index in [1.165, 1.54) is 6.20 Å². The van der Waals surface area contributed by atoms with Gasteiger partial charge in [-0.05, 0) is 50.3 Å². The number of rotatable bonds is 7. The first-order valence-electron chi connectivity index (χ1n) is 11.7. The third-order valence-electron chi connectivity index (χ3n) is 6.63. The normalized spacial score (nSPS) is 21.2. The van der Waals surface area contributed by atoms with Crippen LogP contribution in [0.1, 0.15) is 57.9 Å².